The standard InChI is InChI=1S/C9H12N/c1-2-9(10)8-6-4-3-5-7-8/h3-7,9-10H,2H2,1H3/t9-/m1/s1. The minimum absolute atomic E-state index is 0.0406. The molecule has 1 radical (unpaired) electrons. The first-order valence-corrected chi connectivity index (χ1v) is 3.60. The van der Waals surface area contributed by atoms with Gasteiger partial charge in [0.05, 0.1) is 0 Å². The summed E-state index contributed by atoms with van der Waals surface area (Å²) in [5.74, 6) is 0. The number of hydrogen-bond acceptors (Lipinski definition) is 0. The third-order valence-electron chi connectivity index (χ3n) is 1.61. The van der Waals surface area contributed by atoms with Crippen LogP contribution >= 0.6 is 0 Å². The first-order valence-electron chi connectivity index (χ1n) is 3.60. The van der Waals surface area contributed by atoms with E-state index in [1.54, 1.807) is 0 Å². The molecule has 0 spiro atoms. The molecule has 0 aliphatic heterocycles. The maximum absolute atomic E-state index is 7.56. The maximum atomic E-state index is 7.56. The molecule has 0 amide bonds. The molecule has 0 saturated carbocycles. The van der Waals surface area contributed by atoms with E-state index in [-0.39, 0.29) is 6.04 Å². The second kappa shape index (κ2) is 3.37. The van der Waals surface area contributed by atoms with Crippen molar-refractivity contribution in [3.63, 3.8) is 0 Å². The molecule has 0 aliphatic carbocycles. The lowest BCUT2D eigenvalue weighted by Crippen LogP contribution is -1.95. The summed E-state index contributed by atoms with van der Waals surface area (Å²) in [6.45, 7) is 2.03. The van der Waals surface area contributed by atoms with Gasteiger partial charge in [-0.1, -0.05) is 37.3 Å². The van der Waals surface area contributed by atoms with Gasteiger partial charge >= 0.3 is 0 Å². The minimum Gasteiger partial charge on any atom is -0.250 e. The molecule has 1 N–H and O–H groups in total. The van der Waals surface area contributed by atoms with Crippen molar-refractivity contribution in [2.24, 2.45) is 0 Å². The molecule has 1 rings (SSSR count). The smallest absolute Gasteiger partial charge is 0.0460 e. The molecule has 10 heavy (non-hydrogen) atoms. The average molecular weight is 134 g/mol. The molecule has 1 nitrogen and oxygen atoms in total. The largest absolute Gasteiger partial charge is 0.250 e. The predicted molar refractivity (Wildman–Crippen MR) is 42.6 cm³/mol. The molecule has 1 aromatic rings. The van der Waals surface area contributed by atoms with Crippen molar-refractivity contribution < 1.29 is 0 Å². The molecule has 53 valence electrons. The molecule has 1 atom stereocenters. The molecule has 0 aliphatic rings. The molecule has 0 bridgehead atoms. The van der Waals surface area contributed by atoms with Crippen LogP contribution in [0.4, 0.5) is 0 Å². The van der Waals surface area contributed by atoms with E-state index in [9.17, 15) is 0 Å². The highest BCUT2D eigenvalue weighted by Gasteiger charge is 2.00. The number of benzene rings is 1. The summed E-state index contributed by atoms with van der Waals surface area (Å²) < 4.78 is 0. The van der Waals surface area contributed by atoms with Crippen molar-refractivity contribution in [3.8, 4) is 0 Å². The van der Waals surface area contributed by atoms with Gasteiger partial charge in [-0.05, 0) is 12.0 Å². The topological polar surface area (TPSA) is 23.8 Å². The van der Waals surface area contributed by atoms with Gasteiger partial charge in [-0.25, -0.2) is 5.73 Å². The highest BCUT2D eigenvalue weighted by atomic mass is 14.6. The Kier molecular flexibility index (Phi) is 2.46. The van der Waals surface area contributed by atoms with E-state index in [1.165, 1.54) is 0 Å². The van der Waals surface area contributed by atoms with E-state index in [0.29, 0.717) is 0 Å². The summed E-state index contributed by atoms with van der Waals surface area (Å²) in [4.78, 5) is 0. The van der Waals surface area contributed by atoms with E-state index in [2.05, 4.69) is 0 Å². The Morgan fingerprint density at radius 2 is 1.90 bits per heavy atom. The Morgan fingerprint density at radius 3 is 2.40 bits per heavy atom. The number of nitrogens with one attached hydrogen (secondary N) is 1. The summed E-state index contributed by atoms with van der Waals surface area (Å²) >= 11 is 0. The Hall–Kier alpha value is -0.820. The van der Waals surface area contributed by atoms with Gasteiger partial charge in [0.15, 0.2) is 0 Å². The molecule has 0 fully saturated rings. The van der Waals surface area contributed by atoms with Crippen LogP contribution in [0.25, 0.3) is 0 Å². The van der Waals surface area contributed by atoms with E-state index in [1.807, 2.05) is 37.3 Å². The predicted octanol–water partition coefficient (Wildman–Crippen LogP) is 2.42. The van der Waals surface area contributed by atoms with Crippen LogP contribution in [-0.2, 0) is 0 Å². The highest BCUT2D eigenvalue weighted by Crippen LogP contribution is 2.13. The van der Waals surface area contributed by atoms with E-state index < -0.39 is 0 Å². The van der Waals surface area contributed by atoms with Gasteiger partial charge in [0, 0.05) is 6.04 Å². The van der Waals surface area contributed by atoms with Gasteiger partial charge in [0.2, 0.25) is 0 Å². The summed E-state index contributed by atoms with van der Waals surface area (Å²) in [5.41, 5.74) is 8.68. The zero-order valence-electron chi connectivity index (χ0n) is 6.17. The van der Waals surface area contributed by atoms with E-state index >= 15 is 0 Å². The average Bonchev–Trinajstić information content (AvgIpc) is 2.05. The first-order chi connectivity index (χ1) is 4.84. The van der Waals surface area contributed by atoms with Crippen molar-refractivity contribution >= 4 is 0 Å². The van der Waals surface area contributed by atoms with Gasteiger partial charge in [0.1, 0.15) is 0 Å². The fraction of sp³-hybridized carbons (Fsp3) is 0.333. The zero-order chi connectivity index (χ0) is 7.40. The third kappa shape index (κ3) is 1.58. The van der Waals surface area contributed by atoms with Crippen LogP contribution < -0.4 is 5.73 Å². The molecule has 0 saturated heterocycles. The van der Waals surface area contributed by atoms with Crippen LogP contribution in [0, 0.1) is 0 Å². The molecule has 1 heteroatoms. The van der Waals surface area contributed by atoms with Crippen molar-refractivity contribution in [2.75, 3.05) is 0 Å². The molecule has 0 aromatic heterocycles. The zero-order valence-corrected chi connectivity index (χ0v) is 6.17. The molecular formula is C9H12N. The lowest BCUT2D eigenvalue weighted by Gasteiger charge is -2.05. The van der Waals surface area contributed by atoms with Crippen LogP contribution in [0.5, 0.6) is 0 Å². The second-order valence-corrected chi connectivity index (χ2v) is 2.37. The normalized spacial score (nSPS) is 13.0. The lowest BCUT2D eigenvalue weighted by atomic mass is 10.1. The van der Waals surface area contributed by atoms with Crippen LogP contribution in [0.2, 0.25) is 0 Å². The highest BCUT2D eigenvalue weighted by molar-refractivity contribution is 5.17. The van der Waals surface area contributed by atoms with Crippen LogP contribution in [-0.4, -0.2) is 0 Å². The number of hydrogen-bond donors (Lipinski definition) is 0. The van der Waals surface area contributed by atoms with Crippen LogP contribution in [0.1, 0.15) is 24.9 Å². The van der Waals surface area contributed by atoms with Crippen molar-refractivity contribution in [1.29, 1.82) is 0 Å². The quantitative estimate of drug-likeness (QED) is 0.593. The second-order valence-electron chi connectivity index (χ2n) is 2.37. The summed E-state index contributed by atoms with van der Waals surface area (Å²) in [5, 5.41) is 0. The Bertz CT molecular complexity index is 181. The van der Waals surface area contributed by atoms with Crippen molar-refractivity contribution in [3.05, 3.63) is 35.9 Å². The Balaban J connectivity index is 2.75. The molecule has 0 heterocycles. The Labute approximate surface area is 61.9 Å². The lowest BCUT2D eigenvalue weighted by molar-refractivity contribution is 0.676. The van der Waals surface area contributed by atoms with Gasteiger partial charge in [-0.3, -0.25) is 0 Å². The van der Waals surface area contributed by atoms with E-state index in [0.717, 1.165) is 12.0 Å². The summed E-state index contributed by atoms with van der Waals surface area (Å²) in [6, 6.07) is 9.90. The van der Waals surface area contributed by atoms with Gasteiger partial charge in [0.25, 0.3) is 0 Å². The molecule has 0 unspecified atom stereocenters. The monoisotopic (exact) mass is 134 g/mol. The van der Waals surface area contributed by atoms with Crippen molar-refractivity contribution in [2.45, 2.75) is 19.4 Å². The molecular weight excluding hydrogens is 122 g/mol. The third-order valence-corrected chi connectivity index (χ3v) is 1.61. The van der Waals surface area contributed by atoms with Gasteiger partial charge in [-0.2, -0.15) is 0 Å². The van der Waals surface area contributed by atoms with E-state index in [4.69, 9.17) is 5.73 Å². The maximum Gasteiger partial charge on any atom is 0.0460 e. The number of rotatable bonds is 2. The van der Waals surface area contributed by atoms with Gasteiger partial charge < -0.3 is 0 Å². The SMILES string of the molecule is CC[C@@H]([NH])c1ccccc1. The summed E-state index contributed by atoms with van der Waals surface area (Å²) in [7, 11) is 0. The summed E-state index contributed by atoms with van der Waals surface area (Å²) in [6.07, 6.45) is 0.893. The Morgan fingerprint density at radius 1 is 1.30 bits per heavy atom. The van der Waals surface area contributed by atoms with Crippen LogP contribution in [0.15, 0.2) is 30.3 Å². The minimum atomic E-state index is -0.0406. The van der Waals surface area contributed by atoms with Crippen molar-refractivity contribution in [1.82, 2.24) is 5.73 Å². The molecule has 1 aromatic carbocycles. The van der Waals surface area contributed by atoms with Crippen LogP contribution in [0.3, 0.4) is 0 Å². The fourth-order valence-electron chi connectivity index (χ4n) is 0.921. The van der Waals surface area contributed by atoms with Gasteiger partial charge in [-0.15, -0.1) is 0 Å². The fourth-order valence-corrected chi connectivity index (χ4v) is 0.921. The first kappa shape index (κ1) is 7.29.